The lowest BCUT2D eigenvalue weighted by atomic mass is 9.79. The van der Waals surface area contributed by atoms with E-state index in [0.29, 0.717) is 18.5 Å². The number of nitrogens with one attached hydrogen (secondary N) is 2. The summed E-state index contributed by atoms with van der Waals surface area (Å²) in [4.78, 5) is 12.5. The first kappa shape index (κ1) is 17.3. The van der Waals surface area contributed by atoms with Gasteiger partial charge in [0.1, 0.15) is 0 Å². The van der Waals surface area contributed by atoms with Gasteiger partial charge in [-0.2, -0.15) is 10.2 Å². The summed E-state index contributed by atoms with van der Waals surface area (Å²) in [7, 11) is 0. The van der Waals surface area contributed by atoms with E-state index in [1.165, 1.54) is 12.4 Å². The molecule has 0 saturated carbocycles. The van der Waals surface area contributed by atoms with Crippen molar-refractivity contribution in [2.45, 2.75) is 18.1 Å². The topological polar surface area (TPSA) is 87.1 Å². The molecule has 122 valence electrons. The van der Waals surface area contributed by atoms with Gasteiger partial charge in [0.05, 0.1) is 29.6 Å². The third-order valence-corrected chi connectivity index (χ3v) is 4.07. The zero-order chi connectivity index (χ0) is 15.4. The minimum absolute atomic E-state index is 0. The fourth-order valence-corrected chi connectivity index (χ4v) is 2.86. The molecule has 2 heterocycles. The molecular weight excluding hydrogens is 316 g/mol. The van der Waals surface area contributed by atoms with Crippen molar-refractivity contribution in [2.24, 2.45) is 0 Å². The monoisotopic (exact) mass is 334 g/mol. The maximum absolute atomic E-state index is 12.5. The Morgan fingerprint density at radius 2 is 2.04 bits per heavy atom. The van der Waals surface area contributed by atoms with Crippen LogP contribution in [0.2, 0.25) is 0 Å². The number of carbonyl (C=O) groups is 1. The number of halogens is 1. The van der Waals surface area contributed by atoms with Gasteiger partial charge in [0.15, 0.2) is 0 Å². The molecule has 1 amide bonds. The number of β-amino-alcohol motifs (C(OH)–C–C–N with tert-alkyl or cyclic N) is 1. The number of amides is 1. The van der Waals surface area contributed by atoms with Gasteiger partial charge in [0.25, 0.3) is 5.91 Å². The molecule has 2 aromatic rings. The van der Waals surface area contributed by atoms with E-state index in [-0.39, 0.29) is 18.3 Å². The molecule has 1 aromatic carbocycles. The van der Waals surface area contributed by atoms with Crippen LogP contribution >= 0.6 is 12.4 Å². The normalized spacial score (nSPS) is 23.6. The maximum Gasteiger partial charge on any atom is 0.253 e. The van der Waals surface area contributed by atoms with E-state index in [1.54, 1.807) is 6.07 Å². The summed E-state index contributed by atoms with van der Waals surface area (Å²) in [6, 6.07) is 11.2. The summed E-state index contributed by atoms with van der Waals surface area (Å²) < 4.78 is 0. The molecule has 23 heavy (non-hydrogen) atoms. The van der Waals surface area contributed by atoms with Crippen molar-refractivity contribution in [1.82, 2.24) is 20.8 Å². The van der Waals surface area contributed by atoms with Gasteiger partial charge >= 0.3 is 0 Å². The van der Waals surface area contributed by atoms with E-state index in [1.807, 2.05) is 30.3 Å². The summed E-state index contributed by atoms with van der Waals surface area (Å²) in [5, 5.41) is 24.1. The Morgan fingerprint density at radius 3 is 2.70 bits per heavy atom. The predicted octanol–water partition coefficient (Wildman–Crippen LogP) is 0.878. The van der Waals surface area contributed by atoms with Crippen LogP contribution in [0.15, 0.2) is 48.8 Å². The number of hydrogen-bond acceptors (Lipinski definition) is 5. The quantitative estimate of drug-likeness (QED) is 0.775. The Bertz CT molecular complexity index is 641. The molecular formula is C16H19ClN4O2. The summed E-state index contributed by atoms with van der Waals surface area (Å²) in [5.41, 5.74) is 0.530. The Kier molecular flexibility index (Phi) is 5.65. The number of piperidine rings is 1. The molecule has 6 nitrogen and oxygen atoms in total. The zero-order valence-electron chi connectivity index (χ0n) is 12.5. The number of rotatable bonds is 3. The van der Waals surface area contributed by atoms with E-state index in [4.69, 9.17) is 0 Å². The second kappa shape index (κ2) is 7.50. The smallest absolute Gasteiger partial charge is 0.253 e. The number of benzene rings is 1. The van der Waals surface area contributed by atoms with Crippen LogP contribution in [0.5, 0.6) is 0 Å². The van der Waals surface area contributed by atoms with Crippen LogP contribution in [-0.2, 0) is 5.54 Å². The number of aromatic nitrogens is 2. The summed E-state index contributed by atoms with van der Waals surface area (Å²) >= 11 is 0. The Morgan fingerprint density at radius 1 is 1.26 bits per heavy atom. The van der Waals surface area contributed by atoms with Gasteiger partial charge in [-0.1, -0.05) is 30.3 Å². The molecule has 0 unspecified atom stereocenters. The van der Waals surface area contributed by atoms with Crippen molar-refractivity contribution in [1.29, 1.82) is 0 Å². The van der Waals surface area contributed by atoms with Gasteiger partial charge < -0.3 is 15.7 Å². The first-order valence-corrected chi connectivity index (χ1v) is 7.26. The van der Waals surface area contributed by atoms with Crippen molar-refractivity contribution >= 4 is 18.3 Å². The van der Waals surface area contributed by atoms with Crippen LogP contribution in [0, 0.1) is 0 Å². The third kappa shape index (κ3) is 3.50. The molecule has 3 rings (SSSR count). The highest BCUT2D eigenvalue weighted by molar-refractivity contribution is 5.94. The first-order chi connectivity index (χ1) is 10.7. The average molecular weight is 335 g/mol. The number of carbonyl (C=O) groups excluding carboxylic acids is 1. The van der Waals surface area contributed by atoms with Crippen molar-refractivity contribution in [3.05, 3.63) is 59.9 Å². The SMILES string of the molecule is Cl.O=C(N[C@]1(c2ccccc2)CCNC[C@H]1O)c1ccnnc1. The minimum Gasteiger partial charge on any atom is -0.389 e. The molecule has 1 fully saturated rings. The van der Waals surface area contributed by atoms with Crippen molar-refractivity contribution in [2.75, 3.05) is 13.1 Å². The summed E-state index contributed by atoms with van der Waals surface area (Å²) in [6.07, 6.45) is 2.80. The molecule has 0 bridgehead atoms. The molecule has 7 heteroatoms. The Balaban J connectivity index is 0.00000192. The van der Waals surface area contributed by atoms with Crippen LogP contribution < -0.4 is 10.6 Å². The highest BCUT2D eigenvalue weighted by Crippen LogP contribution is 2.31. The fraction of sp³-hybridized carbons (Fsp3) is 0.312. The van der Waals surface area contributed by atoms with Crippen LogP contribution in [0.4, 0.5) is 0 Å². The first-order valence-electron chi connectivity index (χ1n) is 7.26. The number of hydrogen-bond donors (Lipinski definition) is 3. The van der Waals surface area contributed by atoms with E-state index in [2.05, 4.69) is 20.8 Å². The Labute approximate surface area is 140 Å². The van der Waals surface area contributed by atoms with E-state index >= 15 is 0 Å². The summed E-state index contributed by atoms with van der Waals surface area (Å²) in [6.45, 7) is 1.16. The molecule has 0 spiro atoms. The highest BCUT2D eigenvalue weighted by Gasteiger charge is 2.42. The van der Waals surface area contributed by atoms with Gasteiger partial charge in [-0.3, -0.25) is 4.79 Å². The van der Waals surface area contributed by atoms with Gasteiger partial charge in [0.2, 0.25) is 0 Å². The lowest BCUT2D eigenvalue weighted by molar-refractivity contribution is 0.0289. The largest absolute Gasteiger partial charge is 0.389 e. The van der Waals surface area contributed by atoms with E-state index < -0.39 is 11.6 Å². The molecule has 2 atom stereocenters. The molecule has 0 aliphatic carbocycles. The van der Waals surface area contributed by atoms with Crippen LogP contribution in [0.25, 0.3) is 0 Å². The zero-order valence-corrected chi connectivity index (χ0v) is 13.3. The average Bonchev–Trinajstić information content (AvgIpc) is 2.58. The molecule has 3 N–H and O–H groups in total. The van der Waals surface area contributed by atoms with Gasteiger partial charge in [-0.25, -0.2) is 0 Å². The van der Waals surface area contributed by atoms with Gasteiger partial charge in [-0.15, -0.1) is 12.4 Å². The maximum atomic E-state index is 12.5. The molecule has 1 saturated heterocycles. The van der Waals surface area contributed by atoms with Crippen LogP contribution in [-0.4, -0.2) is 40.4 Å². The van der Waals surface area contributed by atoms with Crippen molar-refractivity contribution < 1.29 is 9.90 Å². The predicted molar refractivity (Wildman–Crippen MR) is 88.4 cm³/mol. The number of aliphatic hydroxyl groups excluding tert-OH is 1. The van der Waals surface area contributed by atoms with Crippen LogP contribution in [0.3, 0.4) is 0 Å². The number of aliphatic hydroxyl groups is 1. The minimum atomic E-state index is -0.799. The molecule has 1 aliphatic heterocycles. The molecule has 1 aliphatic rings. The van der Waals surface area contributed by atoms with Gasteiger partial charge in [0, 0.05) is 6.54 Å². The Hall–Kier alpha value is -2.02. The van der Waals surface area contributed by atoms with Crippen LogP contribution in [0.1, 0.15) is 22.3 Å². The molecule has 1 aromatic heterocycles. The lowest BCUT2D eigenvalue weighted by Gasteiger charge is -2.43. The van der Waals surface area contributed by atoms with E-state index in [0.717, 1.165) is 12.1 Å². The number of nitrogens with zero attached hydrogens (tertiary/aromatic N) is 2. The second-order valence-electron chi connectivity index (χ2n) is 5.39. The lowest BCUT2D eigenvalue weighted by Crippen LogP contribution is -2.61. The summed E-state index contributed by atoms with van der Waals surface area (Å²) in [5.74, 6) is -0.264. The third-order valence-electron chi connectivity index (χ3n) is 4.07. The molecule has 0 radical (unpaired) electrons. The van der Waals surface area contributed by atoms with E-state index in [9.17, 15) is 9.90 Å². The second-order valence-corrected chi connectivity index (χ2v) is 5.39. The standard InChI is InChI=1S/C16H18N4O2.ClH/c21-14-11-17-9-7-16(14,13-4-2-1-3-5-13)20-15(22)12-6-8-18-19-10-12;/h1-6,8,10,14,17,21H,7,9,11H2,(H,20,22);1H/t14-,16+;/m1./s1. The fourth-order valence-electron chi connectivity index (χ4n) is 2.86. The van der Waals surface area contributed by atoms with Crippen molar-refractivity contribution in [3.8, 4) is 0 Å². The van der Waals surface area contributed by atoms with Gasteiger partial charge in [-0.05, 0) is 24.6 Å². The highest BCUT2D eigenvalue weighted by atomic mass is 35.5. The van der Waals surface area contributed by atoms with Crippen molar-refractivity contribution in [3.63, 3.8) is 0 Å².